The van der Waals surface area contributed by atoms with E-state index in [1.807, 2.05) is 32.0 Å². The Morgan fingerprint density at radius 2 is 1.60 bits per heavy atom. The van der Waals surface area contributed by atoms with Crippen LogP contribution >= 0.6 is 0 Å². The van der Waals surface area contributed by atoms with E-state index in [1.165, 1.54) is 12.1 Å². The van der Waals surface area contributed by atoms with Gasteiger partial charge in [0.1, 0.15) is 6.54 Å². The fourth-order valence-electron chi connectivity index (χ4n) is 3.03. The summed E-state index contributed by atoms with van der Waals surface area (Å²) in [5, 5.41) is 5.42. The molecule has 5 nitrogen and oxygen atoms in total. The van der Waals surface area contributed by atoms with Crippen molar-refractivity contribution < 1.29 is 27.7 Å². The van der Waals surface area contributed by atoms with Crippen LogP contribution in [0.15, 0.2) is 42.5 Å². The van der Waals surface area contributed by atoms with Crippen molar-refractivity contribution >= 4 is 17.5 Å². The first-order chi connectivity index (χ1) is 14.0. The molecule has 2 amide bonds. The number of alkyl halides is 3. The van der Waals surface area contributed by atoms with Crippen molar-refractivity contribution in [3.8, 4) is 0 Å². The van der Waals surface area contributed by atoms with Crippen LogP contribution in [0.5, 0.6) is 0 Å². The van der Waals surface area contributed by atoms with Crippen LogP contribution < -0.4 is 15.5 Å². The second-order valence-corrected chi connectivity index (χ2v) is 7.47. The highest BCUT2D eigenvalue weighted by Gasteiger charge is 2.30. The largest absolute Gasteiger partial charge is 0.416 e. The topological polar surface area (TPSA) is 62.6 Å². The summed E-state index contributed by atoms with van der Waals surface area (Å²) in [7, 11) is 1.78. The second-order valence-electron chi connectivity index (χ2n) is 7.47. The molecule has 2 atom stereocenters. The number of nitrogens with one attached hydrogen (secondary N) is 3. The van der Waals surface area contributed by atoms with Gasteiger partial charge < -0.3 is 15.5 Å². The van der Waals surface area contributed by atoms with Gasteiger partial charge in [0, 0.05) is 11.3 Å². The lowest BCUT2D eigenvalue weighted by Gasteiger charge is -2.21. The Kier molecular flexibility index (Phi) is 7.61. The standard InChI is InChI=1S/C22H26F3N3O2/c1-14-6-5-7-15(2)20(14)27-19(29)12-26-21(30)16(3)28(4)13-17-8-10-18(11-9-17)22(23,24)25/h5-11,16H,12-13H2,1-4H3,(H,26,30)(H,27,29)/p+1/t16-/m0/s1. The van der Waals surface area contributed by atoms with Crippen molar-refractivity contribution in [3.05, 3.63) is 64.7 Å². The van der Waals surface area contributed by atoms with Gasteiger partial charge in [-0.15, -0.1) is 0 Å². The van der Waals surface area contributed by atoms with Crippen LogP contribution in [-0.2, 0) is 22.3 Å². The molecule has 0 saturated heterocycles. The first-order valence-corrected chi connectivity index (χ1v) is 9.61. The van der Waals surface area contributed by atoms with Crippen molar-refractivity contribution in [1.29, 1.82) is 0 Å². The van der Waals surface area contributed by atoms with Crippen LogP contribution in [0.4, 0.5) is 18.9 Å². The van der Waals surface area contributed by atoms with Crippen molar-refractivity contribution in [3.63, 3.8) is 0 Å². The molecular formula is C22H27F3N3O2+. The number of rotatable bonds is 7. The maximum atomic E-state index is 12.7. The van der Waals surface area contributed by atoms with Gasteiger partial charge >= 0.3 is 6.18 Å². The number of halogens is 3. The number of para-hydroxylation sites is 1. The second kappa shape index (κ2) is 9.75. The minimum absolute atomic E-state index is 0.162. The van der Waals surface area contributed by atoms with E-state index in [1.54, 1.807) is 14.0 Å². The monoisotopic (exact) mass is 422 g/mol. The first kappa shape index (κ1) is 23.4. The maximum absolute atomic E-state index is 12.7. The lowest BCUT2D eigenvalue weighted by atomic mass is 10.1. The normalized spacial score (nSPS) is 13.4. The van der Waals surface area contributed by atoms with Gasteiger partial charge in [-0.2, -0.15) is 13.2 Å². The summed E-state index contributed by atoms with van der Waals surface area (Å²) >= 11 is 0. The van der Waals surface area contributed by atoms with E-state index in [4.69, 9.17) is 0 Å². The minimum atomic E-state index is -4.37. The van der Waals surface area contributed by atoms with Crippen molar-refractivity contribution in [2.75, 3.05) is 18.9 Å². The summed E-state index contributed by atoms with van der Waals surface area (Å²) in [4.78, 5) is 25.4. The van der Waals surface area contributed by atoms with Gasteiger partial charge in [-0.3, -0.25) is 9.59 Å². The minimum Gasteiger partial charge on any atom is -0.342 e. The van der Waals surface area contributed by atoms with Gasteiger partial charge in [-0.05, 0) is 44.0 Å². The predicted molar refractivity (Wildman–Crippen MR) is 109 cm³/mol. The van der Waals surface area contributed by atoms with Crippen LogP contribution in [0.1, 0.15) is 29.2 Å². The molecule has 3 N–H and O–H groups in total. The molecular weight excluding hydrogens is 395 g/mol. The molecule has 30 heavy (non-hydrogen) atoms. The molecule has 0 aliphatic carbocycles. The SMILES string of the molecule is Cc1cccc(C)c1NC(=O)CNC(=O)[C@H](C)[NH+](C)Cc1ccc(C(F)(F)F)cc1. The van der Waals surface area contributed by atoms with Gasteiger partial charge in [0.05, 0.1) is 19.2 Å². The van der Waals surface area contributed by atoms with E-state index in [0.29, 0.717) is 12.1 Å². The first-order valence-electron chi connectivity index (χ1n) is 9.61. The van der Waals surface area contributed by atoms with E-state index in [-0.39, 0.29) is 18.4 Å². The molecule has 0 radical (unpaired) electrons. The summed E-state index contributed by atoms with van der Waals surface area (Å²) in [6.45, 7) is 5.70. The molecule has 0 heterocycles. The van der Waals surface area contributed by atoms with Crippen LogP contribution in [0.3, 0.4) is 0 Å². The molecule has 2 aromatic carbocycles. The summed E-state index contributed by atoms with van der Waals surface area (Å²) in [5.74, 6) is -0.635. The zero-order valence-corrected chi connectivity index (χ0v) is 17.5. The molecule has 2 rings (SSSR count). The Morgan fingerprint density at radius 3 is 2.13 bits per heavy atom. The Morgan fingerprint density at radius 1 is 1.03 bits per heavy atom. The van der Waals surface area contributed by atoms with E-state index in [2.05, 4.69) is 10.6 Å². The summed E-state index contributed by atoms with van der Waals surface area (Å²) in [5.41, 5.74) is 2.58. The van der Waals surface area contributed by atoms with Crippen molar-refractivity contribution in [1.82, 2.24) is 5.32 Å². The molecule has 0 saturated carbocycles. The van der Waals surface area contributed by atoms with Crippen molar-refractivity contribution in [2.24, 2.45) is 0 Å². The fraction of sp³-hybridized carbons (Fsp3) is 0.364. The predicted octanol–water partition coefficient (Wildman–Crippen LogP) is 2.48. The number of amides is 2. The average molecular weight is 422 g/mol. The van der Waals surface area contributed by atoms with Crippen LogP contribution in [0.2, 0.25) is 0 Å². The van der Waals surface area contributed by atoms with Crippen molar-refractivity contribution in [2.45, 2.75) is 39.5 Å². The molecule has 0 fully saturated rings. The summed E-state index contributed by atoms with van der Waals surface area (Å²) < 4.78 is 38.0. The van der Waals surface area contributed by atoms with E-state index < -0.39 is 17.8 Å². The Bertz CT molecular complexity index is 875. The molecule has 0 aliphatic rings. The molecule has 2 aromatic rings. The van der Waals surface area contributed by atoms with Gasteiger partial charge in [0.2, 0.25) is 5.91 Å². The Labute approximate surface area is 174 Å². The number of anilines is 1. The van der Waals surface area contributed by atoms with Crippen LogP contribution in [0, 0.1) is 13.8 Å². The average Bonchev–Trinajstić information content (AvgIpc) is 2.68. The van der Waals surface area contributed by atoms with E-state index in [9.17, 15) is 22.8 Å². The highest BCUT2D eigenvalue weighted by molar-refractivity contribution is 5.96. The Hall–Kier alpha value is -2.87. The number of carbonyl (C=O) groups excluding carboxylic acids is 2. The maximum Gasteiger partial charge on any atom is 0.416 e. The number of quaternary nitrogens is 1. The van der Waals surface area contributed by atoms with Gasteiger partial charge in [-0.25, -0.2) is 0 Å². The molecule has 162 valence electrons. The van der Waals surface area contributed by atoms with Gasteiger partial charge in [-0.1, -0.05) is 30.3 Å². The number of aryl methyl sites for hydroxylation is 2. The molecule has 0 aromatic heterocycles. The molecule has 0 bridgehead atoms. The number of hydrogen-bond donors (Lipinski definition) is 3. The molecule has 8 heteroatoms. The highest BCUT2D eigenvalue weighted by Crippen LogP contribution is 2.29. The summed E-state index contributed by atoms with van der Waals surface area (Å²) in [6, 6.07) is 10.1. The number of benzene rings is 2. The van der Waals surface area contributed by atoms with Gasteiger partial charge in [0.15, 0.2) is 6.04 Å². The lowest BCUT2D eigenvalue weighted by Crippen LogP contribution is -3.12. The zero-order chi connectivity index (χ0) is 22.5. The van der Waals surface area contributed by atoms with E-state index >= 15 is 0 Å². The highest BCUT2D eigenvalue weighted by atomic mass is 19.4. The molecule has 1 unspecified atom stereocenters. The third-order valence-corrected chi connectivity index (χ3v) is 5.07. The third kappa shape index (κ3) is 6.32. The van der Waals surface area contributed by atoms with Crippen LogP contribution in [0.25, 0.3) is 0 Å². The number of hydrogen-bond acceptors (Lipinski definition) is 2. The number of likely N-dealkylation sites (N-methyl/N-ethyl adjacent to an activating group) is 1. The molecule has 0 aliphatic heterocycles. The fourth-order valence-corrected chi connectivity index (χ4v) is 3.03. The molecule has 0 spiro atoms. The smallest absolute Gasteiger partial charge is 0.342 e. The Balaban J connectivity index is 1.86. The number of carbonyl (C=O) groups is 2. The van der Waals surface area contributed by atoms with Crippen LogP contribution in [-0.4, -0.2) is 31.4 Å². The summed E-state index contributed by atoms with van der Waals surface area (Å²) in [6.07, 6.45) is -4.37. The van der Waals surface area contributed by atoms with Gasteiger partial charge in [0.25, 0.3) is 5.91 Å². The quantitative estimate of drug-likeness (QED) is 0.642. The van der Waals surface area contributed by atoms with E-state index in [0.717, 1.165) is 33.8 Å². The lowest BCUT2D eigenvalue weighted by molar-refractivity contribution is -0.908. The third-order valence-electron chi connectivity index (χ3n) is 5.07. The zero-order valence-electron chi connectivity index (χ0n) is 17.5.